The third kappa shape index (κ3) is 5.14. The zero-order chi connectivity index (χ0) is 22.1. The molecule has 1 atom stereocenters. The molecule has 1 aromatic heterocycles. The summed E-state index contributed by atoms with van der Waals surface area (Å²) in [6, 6.07) is 3.13. The number of sulfonamides is 1. The molecule has 3 rings (SSSR count). The molecular formula is C17H17F4N3O4S2. The number of aryl methyl sites for hydroxylation is 1. The van der Waals surface area contributed by atoms with Gasteiger partial charge in [0.05, 0.1) is 12.2 Å². The molecule has 0 aliphatic carbocycles. The van der Waals surface area contributed by atoms with Gasteiger partial charge in [0.2, 0.25) is 0 Å². The molecule has 1 fully saturated rings. The van der Waals surface area contributed by atoms with Crippen LogP contribution < -0.4 is 9.44 Å². The Labute approximate surface area is 174 Å². The average molecular weight is 467 g/mol. The lowest BCUT2D eigenvalue weighted by Crippen LogP contribution is -2.20. The van der Waals surface area contributed by atoms with Crippen LogP contribution in [0.2, 0.25) is 0 Å². The highest BCUT2D eigenvalue weighted by Crippen LogP contribution is 2.33. The zero-order valence-corrected chi connectivity index (χ0v) is 17.1. The number of benzene rings is 1. The van der Waals surface area contributed by atoms with Crippen molar-refractivity contribution in [2.24, 2.45) is 7.05 Å². The van der Waals surface area contributed by atoms with Gasteiger partial charge in [0.25, 0.3) is 15.9 Å². The summed E-state index contributed by atoms with van der Waals surface area (Å²) in [4.78, 5) is 12.3. The summed E-state index contributed by atoms with van der Waals surface area (Å²) in [5.74, 6) is -2.32. The minimum atomic E-state index is -4.93. The Morgan fingerprint density at radius 3 is 2.67 bits per heavy atom. The standard InChI is InChI=1S/C17H17F4N3O4S2/c1-24-8-12(30(26,27)23-29-11-4-5-28-9-11)7-15(24)16(25)22-10-2-3-14(18)13(6-10)17(19,20)21/h2-3,6-8,11,23H,4-5,9H2,1H3,(H,22,25)/t11-/m0/s1. The van der Waals surface area contributed by atoms with Crippen LogP contribution in [0, 0.1) is 5.82 Å². The number of carbonyl (C=O) groups is 1. The van der Waals surface area contributed by atoms with Crippen LogP contribution in [0.4, 0.5) is 23.2 Å². The number of amides is 1. The molecule has 1 amide bonds. The van der Waals surface area contributed by atoms with Crippen LogP contribution in [-0.2, 0) is 28.0 Å². The molecule has 0 unspecified atom stereocenters. The van der Waals surface area contributed by atoms with Crippen LogP contribution in [0.5, 0.6) is 0 Å². The van der Waals surface area contributed by atoms with Gasteiger partial charge in [-0.05, 0) is 30.7 Å². The van der Waals surface area contributed by atoms with E-state index in [-0.39, 0.29) is 21.5 Å². The lowest BCUT2D eigenvalue weighted by molar-refractivity contribution is -0.139. The number of rotatable bonds is 6. The van der Waals surface area contributed by atoms with Crippen molar-refractivity contribution in [1.82, 2.24) is 8.69 Å². The maximum atomic E-state index is 13.4. The zero-order valence-electron chi connectivity index (χ0n) is 15.5. The normalized spacial score (nSPS) is 17.3. The van der Waals surface area contributed by atoms with Gasteiger partial charge in [-0.25, -0.2) is 12.8 Å². The third-order valence-corrected chi connectivity index (χ3v) is 7.08. The number of aromatic nitrogens is 1. The molecule has 0 saturated carbocycles. The Hall–Kier alpha value is -2.09. The second-order valence-corrected chi connectivity index (χ2v) is 9.56. The second kappa shape index (κ2) is 8.57. The molecule has 0 bridgehead atoms. The Kier molecular flexibility index (Phi) is 6.45. The minimum absolute atomic E-state index is 0.0208. The average Bonchev–Trinajstić information content (AvgIpc) is 3.30. The SMILES string of the molecule is Cn1cc(S(=O)(=O)NS[C@H]2CCOC2)cc1C(=O)Nc1ccc(F)c(C(F)(F)F)c1. The van der Waals surface area contributed by atoms with Crippen molar-refractivity contribution in [2.75, 3.05) is 18.5 Å². The van der Waals surface area contributed by atoms with Gasteiger partial charge >= 0.3 is 6.18 Å². The monoisotopic (exact) mass is 467 g/mol. The van der Waals surface area contributed by atoms with E-state index in [1.54, 1.807) is 0 Å². The summed E-state index contributed by atoms with van der Waals surface area (Å²) < 4.78 is 85.5. The smallest absolute Gasteiger partial charge is 0.380 e. The molecule has 7 nitrogen and oxygen atoms in total. The van der Waals surface area contributed by atoms with Gasteiger partial charge in [-0.15, -0.1) is 0 Å². The molecular weight excluding hydrogens is 450 g/mol. The topological polar surface area (TPSA) is 89.4 Å². The molecule has 0 radical (unpaired) electrons. The molecule has 30 heavy (non-hydrogen) atoms. The lowest BCUT2D eigenvalue weighted by Gasteiger charge is -2.11. The first kappa shape index (κ1) is 22.6. The minimum Gasteiger partial charge on any atom is -0.380 e. The van der Waals surface area contributed by atoms with E-state index in [1.807, 2.05) is 0 Å². The fourth-order valence-corrected chi connectivity index (χ4v) is 5.09. The summed E-state index contributed by atoms with van der Waals surface area (Å²) in [6.07, 6.45) is -3.02. The lowest BCUT2D eigenvalue weighted by atomic mass is 10.1. The number of anilines is 1. The summed E-state index contributed by atoms with van der Waals surface area (Å²) in [5.41, 5.74) is -1.91. The van der Waals surface area contributed by atoms with Gasteiger partial charge in [0, 0.05) is 30.8 Å². The molecule has 2 heterocycles. The van der Waals surface area contributed by atoms with Gasteiger partial charge in [0.1, 0.15) is 16.4 Å². The van der Waals surface area contributed by atoms with Crippen molar-refractivity contribution in [3.05, 3.63) is 47.5 Å². The summed E-state index contributed by atoms with van der Waals surface area (Å²) >= 11 is 1.00. The number of nitrogens with zero attached hydrogens (tertiary/aromatic N) is 1. The first-order valence-corrected chi connectivity index (χ1v) is 10.9. The quantitative estimate of drug-likeness (QED) is 0.503. The van der Waals surface area contributed by atoms with Crippen LogP contribution in [0.25, 0.3) is 0 Å². The molecule has 1 aliphatic heterocycles. The van der Waals surface area contributed by atoms with Crippen LogP contribution in [-0.4, -0.2) is 37.4 Å². The predicted molar refractivity (Wildman–Crippen MR) is 102 cm³/mol. The van der Waals surface area contributed by atoms with E-state index in [0.29, 0.717) is 31.8 Å². The van der Waals surface area contributed by atoms with Gasteiger partial charge in [-0.2, -0.15) is 17.3 Å². The number of nitrogens with one attached hydrogen (secondary N) is 2. The summed E-state index contributed by atoms with van der Waals surface area (Å²) in [7, 11) is -2.51. The molecule has 1 aliphatic rings. The highest BCUT2D eigenvalue weighted by atomic mass is 32.3. The van der Waals surface area contributed by atoms with E-state index in [2.05, 4.69) is 9.44 Å². The summed E-state index contributed by atoms with van der Waals surface area (Å²) in [6.45, 7) is 0.974. The highest BCUT2D eigenvalue weighted by Gasteiger charge is 2.34. The van der Waals surface area contributed by atoms with E-state index in [0.717, 1.165) is 24.1 Å². The molecule has 1 saturated heterocycles. The Balaban J connectivity index is 1.75. The Bertz CT molecular complexity index is 1050. The van der Waals surface area contributed by atoms with E-state index >= 15 is 0 Å². The summed E-state index contributed by atoms with van der Waals surface area (Å²) in [5, 5.41) is 2.20. The van der Waals surface area contributed by atoms with Crippen molar-refractivity contribution in [1.29, 1.82) is 0 Å². The van der Waals surface area contributed by atoms with Crippen molar-refractivity contribution in [3.8, 4) is 0 Å². The number of alkyl halides is 3. The van der Waals surface area contributed by atoms with Crippen LogP contribution in [0.1, 0.15) is 22.5 Å². The largest absolute Gasteiger partial charge is 0.419 e. The molecule has 2 aromatic rings. The van der Waals surface area contributed by atoms with E-state index < -0.39 is 33.5 Å². The second-order valence-electron chi connectivity index (χ2n) is 6.51. The van der Waals surface area contributed by atoms with Gasteiger partial charge in [-0.1, -0.05) is 11.9 Å². The van der Waals surface area contributed by atoms with Crippen molar-refractivity contribution in [3.63, 3.8) is 0 Å². The first-order chi connectivity index (χ1) is 14.0. The molecule has 164 valence electrons. The van der Waals surface area contributed by atoms with Crippen molar-refractivity contribution >= 4 is 33.6 Å². The van der Waals surface area contributed by atoms with Crippen molar-refractivity contribution < 1.29 is 35.5 Å². The van der Waals surface area contributed by atoms with Crippen LogP contribution in [0.3, 0.4) is 0 Å². The third-order valence-electron chi connectivity index (χ3n) is 4.26. The fraction of sp³-hybridized carbons (Fsp3) is 0.353. The first-order valence-electron chi connectivity index (χ1n) is 8.57. The van der Waals surface area contributed by atoms with E-state index in [1.165, 1.54) is 17.8 Å². The van der Waals surface area contributed by atoms with Gasteiger partial charge < -0.3 is 14.6 Å². The number of ether oxygens (including phenoxy) is 1. The molecule has 2 N–H and O–H groups in total. The number of halogens is 4. The van der Waals surface area contributed by atoms with Gasteiger partial charge in [-0.3, -0.25) is 4.79 Å². The Morgan fingerprint density at radius 1 is 1.30 bits per heavy atom. The van der Waals surface area contributed by atoms with Crippen LogP contribution >= 0.6 is 11.9 Å². The van der Waals surface area contributed by atoms with Gasteiger partial charge in [0.15, 0.2) is 0 Å². The highest BCUT2D eigenvalue weighted by molar-refractivity contribution is 8.09. The Morgan fingerprint density at radius 2 is 2.03 bits per heavy atom. The maximum Gasteiger partial charge on any atom is 0.419 e. The number of hydrogen-bond donors (Lipinski definition) is 2. The molecule has 0 spiro atoms. The van der Waals surface area contributed by atoms with Crippen molar-refractivity contribution in [2.45, 2.75) is 22.7 Å². The van der Waals surface area contributed by atoms with E-state index in [9.17, 15) is 30.8 Å². The molecule has 1 aromatic carbocycles. The predicted octanol–water partition coefficient (Wildman–Crippen LogP) is 3.15. The molecule has 13 heteroatoms. The number of hydrogen-bond acceptors (Lipinski definition) is 5. The maximum absolute atomic E-state index is 13.4. The van der Waals surface area contributed by atoms with E-state index in [4.69, 9.17) is 4.74 Å². The number of carbonyl (C=O) groups excluding carboxylic acids is 1. The fourth-order valence-electron chi connectivity index (χ4n) is 2.71. The van der Waals surface area contributed by atoms with Crippen LogP contribution in [0.15, 0.2) is 35.4 Å².